The van der Waals surface area contributed by atoms with Crippen molar-refractivity contribution in [2.75, 3.05) is 14.2 Å². The van der Waals surface area contributed by atoms with E-state index in [0.717, 1.165) is 5.75 Å². The molecule has 114 valence electrons. The molecule has 0 bridgehead atoms. The molecule has 3 nitrogen and oxygen atoms in total. The molecule has 0 saturated heterocycles. The Morgan fingerprint density at radius 1 is 1.20 bits per heavy atom. The summed E-state index contributed by atoms with van der Waals surface area (Å²) in [7, 11) is 3.87. The first kappa shape index (κ1) is 17.0. The van der Waals surface area contributed by atoms with Crippen LogP contribution in [0.5, 0.6) is 5.75 Å². The summed E-state index contributed by atoms with van der Waals surface area (Å²) in [6, 6.07) is 9.00. The van der Waals surface area contributed by atoms with Gasteiger partial charge >= 0.3 is 0 Å². The number of rotatable bonds is 7. The van der Waals surface area contributed by atoms with E-state index in [9.17, 15) is 0 Å². The van der Waals surface area contributed by atoms with Crippen molar-refractivity contribution in [2.45, 2.75) is 52.2 Å². The number of nitrogens with two attached hydrogens (primary N) is 1. The van der Waals surface area contributed by atoms with Crippen LogP contribution in [0.4, 0.5) is 0 Å². The largest absolute Gasteiger partial charge is 0.497 e. The van der Waals surface area contributed by atoms with Crippen LogP contribution in [0.15, 0.2) is 24.3 Å². The number of hydrogen-bond donors (Lipinski definition) is 1. The van der Waals surface area contributed by atoms with E-state index >= 15 is 0 Å². The summed E-state index contributed by atoms with van der Waals surface area (Å²) in [6.45, 7) is 8.87. The molecule has 0 heterocycles. The molecule has 0 aromatic heterocycles. The van der Waals surface area contributed by atoms with Crippen LogP contribution >= 0.6 is 0 Å². The average Bonchev–Trinajstić information content (AvgIpc) is 2.37. The fraction of sp³-hybridized carbons (Fsp3) is 0.647. The summed E-state index contributed by atoms with van der Waals surface area (Å²) >= 11 is 0. The van der Waals surface area contributed by atoms with Gasteiger partial charge in [-0.15, -0.1) is 0 Å². The number of nitrogens with zero attached hydrogens (tertiary/aromatic N) is 1. The van der Waals surface area contributed by atoms with E-state index in [0.29, 0.717) is 12.0 Å². The third kappa shape index (κ3) is 4.50. The summed E-state index contributed by atoms with van der Waals surface area (Å²) < 4.78 is 5.33. The summed E-state index contributed by atoms with van der Waals surface area (Å²) in [5.74, 6) is 1.57. The lowest BCUT2D eigenvalue weighted by molar-refractivity contribution is 0.148. The fourth-order valence-electron chi connectivity index (χ4n) is 2.86. The van der Waals surface area contributed by atoms with Gasteiger partial charge in [-0.1, -0.05) is 26.0 Å². The standard InChI is InChI=1S/C17H30N2O/c1-12(2)10-13(3)19(5)17(14(4)18)15-8-7-9-16(11-15)20-6/h7-9,11-14,17H,10,18H2,1-6H3. The maximum absolute atomic E-state index is 6.25. The molecule has 0 spiro atoms. The summed E-state index contributed by atoms with van der Waals surface area (Å²) in [5.41, 5.74) is 7.47. The van der Waals surface area contributed by atoms with Gasteiger partial charge in [0.25, 0.3) is 0 Å². The normalized spacial score (nSPS) is 16.2. The van der Waals surface area contributed by atoms with Crippen molar-refractivity contribution in [3.05, 3.63) is 29.8 Å². The molecule has 3 atom stereocenters. The maximum Gasteiger partial charge on any atom is 0.119 e. The highest BCUT2D eigenvalue weighted by Gasteiger charge is 2.25. The number of methoxy groups -OCH3 is 1. The van der Waals surface area contributed by atoms with Gasteiger partial charge in [-0.3, -0.25) is 4.90 Å². The predicted octanol–water partition coefficient (Wildman–Crippen LogP) is 3.45. The van der Waals surface area contributed by atoms with Crippen LogP contribution in [-0.2, 0) is 0 Å². The van der Waals surface area contributed by atoms with Gasteiger partial charge in [-0.05, 0) is 50.9 Å². The molecule has 0 amide bonds. The zero-order valence-electron chi connectivity index (χ0n) is 13.8. The van der Waals surface area contributed by atoms with E-state index in [-0.39, 0.29) is 12.1 Å². The van der Waals surface area contributed by atoms with Crippen LogP contribution in [0.2, 0.25) is 0 Å². The van der Waals surface area contributed by atoms with Crippen molar-refractivity contribution in [3.8, 4) is 5.75 Å². The summed E-state index contributed by atoms with van der Waals surface area (Å²) in [5, 5.41) is 0. The zero-order chi connectivity index (χ0) is 15.3. The van der Waals surface area contributed by atoms with Crippen LogP contribution in [0, 0.1) is 5.92 Å². The Bertz CT molecular complexity index is 404. The van der Waals surface area contributed by atoms with Gasteiger partial charge in [0.2, 0.25) is 0 Å². The molecule has 0 aliphatic heterocycles. The number of likely N-dealkylation sites (N-methyl/N-ethyl adjacent to an activating group) is 1. The maximum atomic E-state index is 6.25. The highest BCUT2D eigenvalue weighted by Crippen LogP contribution is 2.28. The topological polar surface area (TPSA) is 38.5 Å². The van der Waals surface area contributed by atoms with Gasteiger partial charge in [0.15, 0.2) is 0 Å². The minimum atomic E-state index is 0.0710. The van der Waals surface area contributed by atoms with Crippen molar-refractivity contribution < 1.29 is 4.74 Å². The van der Waals surface area contributed by atoms with E-state index in [1.54, 1.807) is 7.11 Å². The number of ether oxygens (including phenoxy) is 1. The second-order valence-corrected chi connectivity index (χ2v) is 6.22. The van der Waals surface area contributed by atoms with Gasteiger partial charge < -0.3 is 10.5 Å². The molecule has 0 radical (unpaired) electrons. The van der Waals surface area contributed by atoms with Crippen molar-refractivity contribution >= 4 is 0 Å². The van der Waals surface area contributed by atoms with Gasteiger partial charge in [-0.2, -0.15) is 0 Å². The SMILES string of the molecule is COc1cccc(C(C(C)N)N(C)C(C)CC(C)C)c1. The summed E-state index contributed by atoms with van der Waals surface area (Å²) in [6.07, 6.45) is 1.17. The summed E-state index contributed by atoms with van der Waals surface area (Å²) in [4.78, 5) is 2.39. The first-order chi connectivity index (χ1) is 9.36. The van der Waals surface area contributed by atoms with E-state index in [1.807, 2.05) is 12.1 Å². The van der Waals surface area contributed by atoms with Crippen molar-refractivity contribution in [2.24, 2.45) is 11.7 Å². The van der Waals surface area contributed by atoms with Crippen LogP contribution < -0.4 is 10.5 Å². The van der Waals surface area contributed by atoms with E-state index in [4.69, 9.17) is 10.5 Å². The van der Waals surface area contributed by atoms with E-state index < -0.39 is 0 Å². The molecule has 3 unspecified atom stereocenters. The minimum absolute atomic E-state index is 0.0710. The number of hydrogen-bond acceptors (Lipinski definition) is 3. The van der Waals surface area contributed by atoms with Gasteiger partial charge in [-0.25, -0.2) is 0 Å². The molecule has 1 rings (SSSR count). The van der Waals surface area contributed by atoms with Crippen molar-refractivity contribution in [1.29, 1.82) is 0 Å². The Hall–Kier alpha value is -1.06. The zero-order valence-corrected chi connectivity index (χ0v) is 13.8. The van der Waals surface area contributed by atoms with Crippen LogP contribution in [0.25, 0.3) is 0 Å². The molecule has 0 aliphatic carbocycles. The Labute approximate surface area is 124 Å². The first-order valence-corrected chi connectivity index (χ1v) is 7.48. The highest BCUT2D eigenvalue weighted by molar-refractivity contribution is 5.31. The Kier molecular flexibility index (Phi) is 6.50. The Morgan fingerprint density at radius 2 is 1.85 bits per heavy atom. The van der Waals surface area contributed by atoms with E-state index in [2.05, 4.69) is 51.8 Å². The fourth-order valence-corrected chi connectivity index (χ4v) is 2.86. The Balaban J connectivity index is 2.98. The predicted molar refractivity (Wildman–Crippen MR) is 86.1 cm³/mol. The molecular weight excluding hydrogens is 248 g/mol. The third-order valence-electron chi connectivity index (χ3n) is 3.88. The molecule has 1 aromatic rings. The number of benzene rings is 1. The highest BCUT2D eigenvalue weighted by atomic mass is 16.5. The minimum Gasteiger partial charge on any atom is -0.497 e. The quantitative estimate of drug-likeness (QED) is 0.830. The molecule has 2 N–H and O–H groups in total. The molecule has 0 fully saturated rings. The van der Waals surface area contributed by atoms with Gasteiger partial charge in [0.05, 0.1) is 7.11 Å². The Morgan fingerprint density at radius 3 is 2.35 bits per heavy atom. The second kappa shape index (κ2) is 7.65. The smallest absolute Gasteiger partial charge is 0.119 e. The lowest BCUT2D eigenvalue weighted by Crippen LogP contribution is -2.42. The van der Waals surface area contributed by atoms with Crippen LogP contribution in [-0.4, -0.2) is 31.1 Å². The lowest BCUT2D eigenvalue weighted by atomic mass is 9.95. The first-order valence-electron chi connectivity index (χ1n) is 7.48. The monoisotopic (exact) mass is 278 g/mol. The van der Waals surface area contributed by atoms with Gasteiger partial charge in [0.1, 0.15) is 5.75 Å². The van der Waals surface area contributed by atoms with E-state index in [1.165, 1.54) is 12.0 Å². The molecule has 20 heavy (non-hydrogen) atoms. The lowest BCUT2D eigenvalue weighted by Gasteiger charge is -2.36. The van der Waals surface area contributed by atoms with Crippen LogP contribution in [0.3, 0.4) is 0 Å². The molecule has 1 aromatic carbocycles. The average molecular weight is 278 g/mol. The molecule has 0 saturated carbocycles. The van der Waals surface area contributed by atoms with Gasteiger partial charge in [0, 0.05) is 18.1 Å². The second-order valence-electron chi connectivity index (χ2n) is 6.22. The van der Waals surface area contributed by atoms with Crippen LogP contribution in [0.1, 0.15) is 45.7 Å². The molecule has 3 heteroatoms. The molecule has 0 aliphatic rings. The third-order valence-corrected chi connectivity index (χ3v) is 3.88. The van der Waals surface area contributed by atoms with Crippen molar-refractivity contribution in [1.82, 2.24) is 4.90 Å². The molecular formula is C17H30N2O. The van der Waals surface area contributed by atoms with Crippen molar-refractivity contribution in [3.63, 3.8) is 0 Å².